The van der Waals surface area contributed by atoms with Gasteiger partial charge in [-0.2, -0.15) is 0 Å². The fraction of sp³-hybridized carbons (Fsp3) is 0.259. The molecule has 1 heterocycles. The first-order valence-corrected chi connectivity index (χ1v) is 10.9. The van der Waals surface area contributed by atoms with E-state index in [1.165, 1.54) is 5.56 Å². The van der Waals surface area contributed by atoms with E-state index in [4.69, 9.17) is 9.15 Å². The van der Waals surface area contributed by atoms with Crippen molar-refractivity contribution in [3.63, 3.8) is 0 Å². The van der Waals surface area contributed by atoms with Crippen LogP contribution in [0.2, 0.25) is 0 Å². The van der Waals surface area contributed by atoms with E-state index in [9.17, 15) is 4.79 Å². The number of nitrogens with one attached hydrogen (secondary N) is 1. The lowest BCUT2D eigenvalue weighted by molar-refractivity contribution is 0.102. The average molecular weight is 429 g/mol. The molecular formula is C27H28N2O3. The second-order valence-corrected chi connectivity index (χ2v) is 8.66. The van der Waals surface area contributed by atoms with Gasteiger partial charge in [-0.3, -0.25) is 4.79 Å². The number of carbonyl (C=O) groups excluding carboxylic acids is 1. The highest BCUT2D eigenvalue weighted by Crippen LogP contribution is 2.27. The van der Waals surface area contributed by atoms with Crippen LogP contribution in [0.3, 0.4) is 0 Å². The van der Waals surface area contributed by atoms with Crippen LogP contribution >= 0.6 is 0 Å². The summed E-state index contributed by atoms with van der Waals surface area (Å²) in [7, 11) is 0. The molecule has 32 heavy (non-hydrogen) atoms. The smallest absolute Gasteiger partial charge is 0.255 e. The van der Waals surface area contributed by atoms with Gasteiger partial charge in [0.1, 0.15) is 11.3 Å². The zero-order valence-electron chi connectivity index (χ0n) is 18.9. The molecular weight excluding hydrogens is 400 g/mol. The zero-order valence-corrected chi connectivity index (χ0v) is 18.9. The molecule has 0 saturated heterocycles. The molecule has 0 radical (unpaired) electrons. The summed E-state index contributed by atoms with van der Waals surface area (Å²) in [6, 6.07) is 20.9. The molecule has 4 aromatic rings. The van der Waals surface area contributed by atoms with Gasteiger partial charge in [0.05, 0.1) is 6.61 Å². The summed E-state index contributed by atoms with van der Waals surface area (Å²) in [6.45, 7) is 9.17. The van der Waals surface area contributed by atoms with E-state index in [0.29, 0.717) is 46.7 Å². The summed E-state index contributed by atoms with van der Waals surface area (Å²) in [5.74, 6) is 2.06. The molecule has 0 aliphatic carbocycles. The molecule has 164 valence electrons. The van der Waals surface area contributed by atoms with Crippen molar-refractivity contribution < 1.29 is 13.9 Å². The molecule has 0 aliphatic rings. The van der Waals surface area contributed by atoms with Crippen LogP contribution in [-0.4, -0.2) is 17.5 Å². The number of aromatic nitrogens is 1. The molecule has 5 heteroatoms. The molecule has 0 spiro atoms. The van der Waals surface area contributed by atoms with Gasteiger partial charge in [-0.15, -0.1) is 0 Å². The van der Waals surface area contributed by atoms with E-state index in [0.717, 1.165) is 11.3 Å². The van der Waals surface area contributed by atoms with Crippen molar-refractivity contribution in [3.05, 3.63) is 77.9 Å². The molecule has 0 aliphatic heterocycles. The summed E-state index contributed by atoms with van der Waals surface area (Å²) in [5, 5.41) is 2.93. The molecule has 3 aromatic carbocycles. The van der Waals surface area contributed by atoms with E-state index in [1.54, 1.807) is 12.1 Å². The van der Waals surface area contributed by atoms with Crippen LogP contribution < -0.4 is 10.1 Å². The Morgan fingerprint density at radius 2 is 1.69 bits per heavy atom. The standard InChI is InChI=1S/C27H28N2O3/c1-17(2)16-31-23-12-9-20(10-13-23)26(30)28-22-11-14-25-24(15-22)29-27(32-25)21-7-5-19(6-8-21)18(3)4/h5-15,17-18H,16H2,1-4H3,(H,28,30). The summed E-state index contributed by atoms with van der Waals surface area (Å²) in [6.07, 6.45) is 0. The minimum Gasteiger partial charge on any atom is -0.493 e. The van der Waals surface area contributed by atoms with Crippen LogP contribution in [0, 0.1) is 5.92 Å². The third-order valence-electron chi connectivity index (χ3n) is 5.17. The molecule has 1 N–H and O–H groups in total. The number of amides is 1. The summed E-state index contributed by atoms with van der Waals surface area (Å²) >= 11 is 0. The van der Waals surface area contributed by atoms with Crippen LogP contribution in [0.5, 0.6) is 5.75 Å². The lowest BCUT2D eigenvalue weighted by Crippen LogP contribution is -2.12. The summed E-state index contributed by atoms with van der Waals surface area (Å²) < 4.78 is 11.6. The van der Waals surface area contributed by atoms with Gasteiger partial charge in [0.25, 0.3) is 5.91 Å². The number of hydrogen-bond acceptors (Lipinski definition) is 4. The van der Waals surface area contributed by atoms with Gasteiger partial charge in [0, 0.05) is 16.8 Å². The zero-order chi connectivity index (χ0) is 22.7. The van der Waals surface area contributed by atoms with Crippen LogP contribution in [-0.2, 0) is 0 Å². The number of hydrogen-bond donors (Lipinski definition) is 1. The average Bonchev–Trinajstić information content (AvgIpc) is 3.21. The number of benzene rings is 3. The van der Waals surface area contributed by atoms with Crippen LogP contribution in [0.4, 0.5) is 5.69 Å². The van der Waals surface area contributed by atoms with Crippen molar-refractivity contribution in [2.45, 2.75) is 33.6 Å². The van der Waals surface area contributed by atoms with Gasteiger partial charge in [0.2, 0.25) is 5.89 Å². The molecule has 0 saturated carbocycles. The molecule has 0 fully saturated rings. The van der Waals surface area contributed by atoms with Crippen molar-refractivity contribution in [3.8, 4) is 17.2 Å². The van der Waals surface area contributed by atoms with E-state index < -0.39 is 0 Å². The van der Waals surface area contributed by atoms with E-state index in [1.807, 2.05) is 42.5 Å². The van der Waals surface area contributed by atoms with Gasteiger partial charge >= 0.3 is 0 Å². The monoisotopic (exact) mass is 428 g/mol. The van der Waals surface area contributed by atoms with Crippen molar-refractivity contribution in [2.75, 3.05) is 11.9 Å². The second-order valence-electron chi connectivity index (χ2n) is 8.66. The maximum Gasteiger partial charge on any atom is 0.255 e. The van der Waals surface area contributed by atoms with Gasteiger partial charge in [-0.05, 0) is 72.0 Å². The molecule has 1 amide bonds. The number of carbonyl (C=O) groups is 1. The van der Waals surface area contributed by atoms with Crippen LogP contribution in [0.15, 0.2) is 71.1 Å². The normalized spacial score (nSPS) is 11.3. The Labute approximate surface area is 188 Å². The highest BCUT2D eigenvalue weighted by Gasteiger charge is 2.12. The predicted octanol–water partition coefficient (Wildman–Crippen LogP) is 6.91. The van der Waals surface area contributed by atoms with E-state index >= 15 is 0 Å². The van der Waals surface area contributed by atoms with E-state index in [-0.39, 0.29) is 5.91 Å². The Morgan fingerprint density at radius 1 is 0.969 bits per heavy atom. The highest BCUT2D eigenvalue weighted by molar-refractivity contribution is 6.05. The summed E-state index contributed by atoms with van der Waals surface area (Å²) in [5.41, 5.74) is 4.80. The molecule has 4 rings (SSSR count). The Balaban J connectivity index is 1.47. The van der Waals surface area contributed by atoms with Gasteiger partial charge < -0.3 is 14.5 Å². The largest absolute Gasteiger partial charge is 0.493 e. The first-order chi connectivity index (χ1) is 15.4. The van der Waals surface area contributed by atoms with Gasteiger partial charge in [-0.25, -0.2) is 4.98 Å². The minimum absolute atomic E-state index is 0.187. The lowest BCUT2D eigenvalue weighted by atomic mass is 10.0. The number of oxazole rings is 1. The first kappa shape index (κ1) is 21.6. The predicted molar refractivity (Wildman–Crippen MR) is 128 cm³/mol. The number of rotatable bonds is 7. The van der Waals surface area contributed by atoms with Crippen molar-refractivity contribution in [1.29, 1.82) is 0 Å². The Kier molecular flexibility index (Phi) is 6.26. The van der Waals surface area contributed by atoms with Crippen LogP contribution in [0.1, 0.15) is 49.5 Å². The maximum atomic E-state index is 12.6. The maximum absolute atomic E-state index is 12.6. The molecule has 0 atom stereocenters. The van der Waals surface area contributed by atoms with Crippen LogP contribution in [0.25, 0.3) is 22.6 Å². The summed E-state index contributed by atoms with van der Waals surface area (Å²) in [4.78, 5) is 17.3. The number of ether oxygens (including phenoxy) is 1. The molecule has 5 nitrogen and oxygen atoms in total. The van der Waals surface area contributed by atoms with Gasteiger partial charge in [-0.1, -0.05) is 39.8 Å². The first-order valence-electron chi connectivity index (χ1n) is 10.9. The third kappa shape index (κ3) is 4.99. The minimum atomic E-state index is -0.187. The van der Waals surface area contributed by atoms with Crippen molar-refractivity contribution in [1.82, 2.24) is 4.98 Å². The van der Waals surface area contributed by atoms with Crippen molar-refractivity contribution in [2.24, 2.45) is 5.92 Å². The molecule has 1 aromatic heterocycles. The second kappa shape index (κ2) is 9.27. The highest BCUT2D eigenvalue weighted by atomic mass is 16.5. The Morgan fingerprint density at radius 3 is 2.34 bits per heavy atom. The van der Waals surface area contributed by atoms with Crippen molar-refractivity contribution >= 4 is 22.7 Å². The van der Waals surface area contributed by atoms with E-state index in [2.05, 4.69) is 50.1 Å². The Bertz CT molecular complexity index is 1210. The number of anilines is 1. The molecule has 0 unspecified atom stereocenters. The Hall–Kier alpha value is -3.60. The number of nitrogens with zero attached hydrogens (tertiary/aromatic N) is 1. The quantitative estimate of drug-likeness (QED) is 0.347. The van der Waals surface area contributed by atoms with Gasteiger partial charge in [0.15, 0.2) is 5.58 Å². The lowest BCUT2D eigenvalue weighted by Gasteiger charge is -2.09. The topological polar surface area (TPSA) is 64.4 Å². The fourth-order valence-corrected chi connectivity index (χ4v) is 3.31. The fourth-order valence-electron chi connectivity index (χ4n) is 3.31. The SMILES string of the molecule is CC(C)COc1ccc(C(=O)Nc2ccc3oc(-c4ccc(C(C)C)cc4)nc3c2)cc1. The number of fused-ring (bicyclic) bond motifs is 1. The third-order valence-corrected chi connectivity index (χ3v) is 5.17. The molecule has 0 bridgehead atoms.